The normalized spacial score (nSPS) is 19.2. The highest BCUT2D eigenvalue weighted by Crippen LogP contribution is 2.20. The van der Waals surface area contributed by atoms with Crippen LogP contribution in [-0.2, 0) is 25.6 Å². The second-order valence-corrected chi connectivity index (χ2v) is 9.61. The standard InChI is InChI=1S/C22H36N6O5S/c1-4-13(2)18(23)20(30)27-16(10-14-11-24-12-25-14)21(31)28-8-5-6-17(28)19(29)26-15(22(32)33)7-9-34-3/h11-13,15-18H,4-10,23H2,1-3H3,(H,24,25)(H,26,29)(H,27,30)(H,32,33). The number of carbonyl (C=O) groups excluding carboxylic acids is 3. The zero-order chi connectivity index (χ0) is 25.3. The predicted molar refractivity (Wildman–Crippen MR) is 129 cm³/mol. The molecule has 5 atom stereocenters. The topological polar surface area (TPSA) is 171 Å². The summed E-state index contributed by atoms with van der Waals surface area (Å²) in [5.74, 6) is -1.94. The third-order valence-corrected chi connectivity index (χ3v) is 6.86. The van der Waals surface area contributed by atoms with Crippen LogP contribution in [0.25, 0.3) is 0 Å². The van der Waals surface area contributed by atoms with E-state index in [-0.39, 0.29) is 18.8 Å². The summed E-state index contributed by atoms with van der Waals surface area (Å²) >= 11 is 1.49. The van der Waals surface area contributed by atoms with E-state index >= 15 is 0 Å². The monoisotopic (exact) mass is 496 g/mol. The third kappa shape index (κ3) is 7.45. The van der Waals surface area contributed by atoms with E-state index in [1.807, 2.05) is 20.1 Å². The fraction of sp³-hybridized carbons (Fsp3) is 0.682. The summed E-state index contributed by atoms with van der Waals surface area (Å²) < 4.78 is 0. The number of aromatic nitrogens is 2. The average molecular weight is 497 g/mol. The van der Waals surface area contributed by atoms with Gasteiger partial charge in [-0.25, -0.2) is 9.78 Å². The predicted octanol–water partition coefficient (Wildman–Crippen LogP) is 0.124. The average Bonchev–Trinajstić information content (AvgIpc) is 3.51. The van der Waals surface area contributed by atoms with Crippen molar-refractivity contribution < 1.29 is 24.3 Å². The summed E-state index contributed by atoms with van der Waals surface area (Å²) in [5, 5.41) is 14.8. The lowest BCUT2D eigenvalue weighted by Crippen LogP contribution is -2.58. The van der Waals surface area contributed by atoms with Crippen LogP contribution in [-0.4, -0.2) is 86.4 Å². The molecule has 1 aromatic heterocycles. The largest absolute Gasteiger partial charge is 0.480 e. The number of nitrogens with one attached hydrogen (secondary N) is 3. The van der Waals surface area contributed by atoms with E-state index < -0.39 is 47.9 Å². The number of hydrogen-bond donors (Lipinski definition) is 5. The number of hydrogen-bond acceptors (Lipinski definition) is 7. The molecule has 1 aromatic rings. The Hall–Kier alpha value is -2.60. The smallest absolute Gasteiger partial charge is 0.326 e. The molecular formula is C22H36N6O5S. The molecule has 11 nitrogen and oxygen atoms in total. The third-order valence-electron chi connectivity index (χ3n) is 6.22. The van der Waals surface area contributed by atoms with E-state index in [1.165, 1.54) is 23.0 Å². The fourth-order valence-corrected chi connectivity index (χ4v) is 4.33. The first-order valence-electron chi connectivity index (χ1n) is 11.5. The second kappa shape index (κ2) is 13.3. The van der Waals surface area contributed by atoms with Crippen LogP contribution >= 0.6 is 11.8 Å². The van der Waals surface area contributed by atoms with Crippen molar-refractivity contribution in [2.75, 3.05) is 18.6 Å². The molecule has 12 heteroatoms. The van der Waals surface area contributed by atoms with Crippen LogP contribution < -0.4 is 16.4 Å². The van der Waals surface area contributed by atoms with Gasteiger partial charge in [0.15, 0.2) is 0 Å². The van der Waals surface area contributed by atoms with Crippen LogP contribution in [0, 0.1) is 5.92 Å². The Kier molecular flexibility index (Phi) is 10.8. The Morgan fingerprint density at radius 2 is 2.06 bits per heavy atom. The van der Waals surface area contributed by atoms with Crippen molar-refractivity contribution in [3.8, 4) is 0 Å². The first-order chi connectivity index (χ1) is 16.2. The minimum atomic E-state index is -1.11. The van der Waals surface area contributed by atoms with Gasteiger partial charge in [0.1, 0.15) is 18.1 Å². The van der Waals surface area contributed by atoms with Crippen LogP contribution in [0.2, 0.25) is 0 Å². The maximum absolute atomic E-state index is 13.5. The summed E-state index contributed by atoms with van der Waals surface area (Å²) in [4.78, 5) is 59.1. The number of aromatic amines is 1. The van der Waals surface area contributed by atoms with Crippen LogP contribution in [0.4, 0.5) is 0 Å². The molecular weight excluding hydrogens is 460 g/mol. The van der Waals surface area contributed by atoms with Gasteiger partial charge >= 0.3 is 5.97 Å². The maximum Gasteiger partial charge on any atom is 0.326 e. The number of carboxylic acid groups (broad SMARTS) is 1. The molecule has 1 aliphatic heterocycles. The van der Waals surface area contributed by atoms with E-state index in [0.717, 1.165) is 0 Å². The van der Waals surface area contributed by atoms with Gasteiger partial charge in [-0.05, 0) is 37.2 Å². The highest BCUT2D eigenvalue weighted by Gasteiger charge is 2.39. The minimum absolute atomic E-state index is 0.0672. The van der Waals surface area contributed by atoms with Gasteiger partial charge in [0.25, 0.3) is 0 Å². The molecule has 6 N–H and O–H groups in total. The minimum Gasteiger partial charge on any atom is -0.480 e. The lowest BCUT2D eigenvalue weighted by Gasteiger charge is -2.30. The molecule has 1 saturated heterocycles. The van der Waals surface area contributed by atoms with Gasteiger partial charge in [0, 0.05) is 24.9 Å². The Bertz CT molecular complexity index is 836. The van der Waals surface area contributed by atoms with E-state index in [0.29, 0.717) is 37.3 Å². The van der Waals surface area contributed by atoms with Crippen molar-refractivity contribution in [2.24, 2.45) is 11.7 Å². The molecule has 2 rings (SSSR count). The number of likely N-dealkylation sites (tertiary alicyclic amines) is 1. The van der Waals surface area contributed by atoms with Gasteiger partial charge in [-0.3, -0.25) is 14.4 Å². The van der Waals surface area contributed by atoms with Gasteiger partial charge in [0.2, 0.25) is 17.7 Å². The molecule has 0 bridgehead atoms. The van der Waals surface area contributed by atoms with Crippen LogP contribution in [0.1, 0.15) is 45.2 Å². The molecule has 0 aromatic carbocycles. The number of amides is 3. The highest BCUT2D eigenvalue weighted by atomic mass is 32.2. The molecule has 190 valence electrons. The van der Waals surface area contributed by atoms with Crippen molar-refractivity contribution in [2.45, 2.75) is 70.1 Å². The molecule has 0 spiro atoms. The van der Waals surface area contributed by atoms with Gasteiger partial charge in [-0.1, -0.05) is 20.3 Å². The molecule has 0 saturated carbocycles. The molecule has 0 aliphatic carbocycles. The first-order valence-corrected chi connectivity index (χ1v) is 12.9. The number of nitrogens with zero attached hydrogens (tertiary/aromatic N) is 2. The van der Waals surface area contributed by atoms with Crippen molar-refractivity contribution in [3.05, 3.63) is 18.2 Å². The maximum atomic E-state index is 13.5. The van der Waals surface area contributed by atoms with Crippen LogP contribution in [0.5, 0.6) is 0 Å². The fourth-order valence-electron chi connectivity index (χ4n) is 3.86. The quantitative estimate of drug-likeness (QED) is 0.256. The number of aliphatic carboxylic acids is 1. The number of imidazole rings is 1. The van der Waals surface area contributed by atoms with Gasteiger partial charge in [0.05, 0.1) is 12.4 Å². The molecule has 3 amide bonds. The van der Waals surface area contributed by atoms with Crippen molar-refractivity contribution in [1.82, 2.24) is 25.5 Å². The Balaban J connectivity index is 2.17. The van der Waals surface area contributed by atoms with Crippen molar-refractivity contribution in [1.29, 1.82) is 0 Å². The van der Waals surface area contributed by atoms with Gasteiger partial charge in [-0.15, -0.1) is 0 Å². The van der Waals surface area contributed by atoms with E-state index in [9.17, 15) is 24.3 Å². The number of thioether (sulfide) groups is 1. The number of carbonyl (C=O) groups is 4. The molecule has 5 unspecified atom stereocenters. The lowest BCUT2D eigenvalue weighted by molar-refractivity contribution is -0.145. The highest BCUT2D eigenvalue weighted by molar-refractivity contribution is 7.98. The number of nitrogens with two attached hydrogens (primary N) is 1. The van der Waals surface area contributed by atoms with E-state index in [4.69, 9.17) is 5.73 Å². The van der Waals surface area contributed by atoms with E-state index in [1.54, 1.807) is 6.20 Å². The first kappa shape index (κ1) is 27.6. The summed E-state index contributed by atoms with van der Waals surface area (Å²) in [5.41, 5.74) is 6.72. The second-order valence-electron chi connectivity index (χ2n) is 8.62. The zero-order valence-electron chi connectivity index (χ0n) is 20.0. The molecule has 2 heterocycles. The van der Waals surface area contributed by atoms with Gasteiger partial charge in [-0.2, -0.15) is 11.8 Å². The summed E-state index contributed by atoms with van der Waals surface area (Å²) in [6.07, 6.45) is 7.09. The number of carboxylic acids is 1. The Morgan fingerprint density at radius 1 is 1.32 bits per heavy atom. The van der Waals surface area contributed by atoms with Crippen molar-refractivity contribution in [3.63, 3.8) is 0 Å². The van der Waals surface area contributed by atoms with Crippen LogP contribution in [0.15, 0.2) is 12.5 Å². The number of rotatable bonds is 13. The number of H-pyrrole nitrogens is 1. The molecule has 1 fully saturated rings. The Labute approximate surface area is 204 Å². The molecule has 34 heavy (non-hydrogen) atoms. The summed E-state index contributed by atoms with van der Waals surface area (Å²) in [6.45, 7) is 4.14. The molecule has 1 aliphatic rings. The Morgan fingerprint density at radius 3 is 2.65 bits per heavy atom. The summed E-state index contributed by atoms with van der Waals surface area (Å²) in [7, 11) is 0. The lowest BCUT2D eigenvalue weighted by atomic mass is 9.98. The van der Waals surface area contributed by atoms with Gasteiger partial charge < -0.3 is 31.4 Å². The van der Waals surface area contributed by atoms with E-state index in [2.05, 4.69) is 20.6 Å². The SMILES string of the molecule is CCC(C)C(N)C(=O)NC(Cc1cnc[nH]1)C(=O)N1CCCC1C(=O)NC(CCSC)C(=O)O. The van der Waals surface area contributed by atoms with Crippen LogP contribution in [0.3, 0.4) is 0 Å². The zero-order valence-corrected chi connectivity index (χ0v) is 20.8. The molecule has 0 radical (unpaired) electrons. The summed E-state index contributed by atoms with van der Waals surface area (Å²) in [6, 6.07) is -3.53. The van der Waals surface area contributed by atoms with Crippen molar-refractivity contribution >= 4 is 35.5 Å².